The fourth-order valence-corrected chi connectivity index (χ4v) is 6.58. The predicted molar refractivity (Wildman–Crippen MR) is 133 cm³/mol. The van der Waals surface area contributed by atoms with Crippen LogP contribution in [0.4, 0.5) is 0 Å². The minimum absolute atomic E-state index is 0.0177. The summed E-state index contributed by atoms with van der Waals surface area (Å²) in [5.41, 5.74) is -3.76. The molecule has 6 atom stereocenters. The number of fused-ring (bicyclic) bond motifs is 8. The van der Waals surface area contributed by atoms with Crippen molar-refractivity contribution in [1.82, 2.24) is 5.32 Å². The number of hydrogen-bond acceptors (Lipinski definition) is 9. The third-order valence-electron chi connectivity index (χ3n) is 8.41. The second kappa shape index (κ2) is 7.97. The molecule has 2 aromatic carbocycles. The van der Waals surface area contributed by atoms with Gasteiger partial charge >= 0.3 is 5.97 Å². The molecule has 0 spiro atoms. The largest absolute Gasteiger partial charge is 0.511 e. The minimum atomic E-state index is -2.53. The van der Waals surface area contributed by atoms with Gasteiger partial charge in [0, 0.05) is 28.5 Å². The average Bonchev–Trinajstić information content (AvgIpc) is 2.92. The van der Waals surface area contributed by atoms with Gasteiger partial charge in [-0.25, -0.2) is 4.79 Å². The number of allylic oxidation sites excluding steroid dienone is 2. The number of ether oxygens (including phenoxy) is 1. The van der Waals surface area contributed by atoms with Crippen LogP contribution in [0.25, 0.3) is 0 Å². The molecule has 1 heterocycles. The van der Waals surface area contributed by atoms with Gasteiger partial charge in [0.15, 0.2) is 17.2 Å². The zero-order valence-electron chi connectivity index (χ0n) is 20.5. The van der Waals surface area contributed by atoms with Gasteiger partial charge in [-0.2, -0.15) is 0 Å². The Morgan fingerprint density at radius 1 is 0.974 bits per heavy atom. The highest BCUT2D eigenvalue weighted by molar-refractivity contribution is 6.18. The molecule has 9 nitrogen and oxygen atoms in total. The van der Waals surface area contributed by atoms with E-state index in [2.05, 4.69) is 5.32 Å². The van der Waals surface area contributed by atoms with E-state index in [0.29, 0.717) is 11.1 Å². The molecule has 38 heavy (non-hydrogen) atoms. The summed E-state index contributed by atoms with van der Waals surface area (Å²) in [7, 11) is 1.17. The Bertz CT molecular complexity index is 1540. The number of Topliss-reactive ketones (excluding diaryl/α,β-unsaturated/α-hetero) is 2. The molecule has 0 fully saturated rings. The first-order chi connectivity index (χ1) is 18.1. The first-order valence-corrected chi connectivity index (χ1v) is 12.1. The maximum Gasteiger partial charge on any atom is 0.330 e. The molecule has 0 saturated carbocycles. The van der Waals surface area contributed by atoms with Crippen LogP contribution in [-0.2, 0) is 9.53 Å². The monoisotopic (exact) mass is 515 g/mol. The van der Waals surface area contributed by atoms with Gasteiger partial charge in [-0.05, 0) is 29.7 Å². The Morgan fingerprint density at radius 2 is 1.55 bits per heavy atom. The maximum absolute atomic E-state index is 13.8. The molecule has 2 aromatic rings. The molecular weight excluding hydrogens is 490 g/mol. The van der Waals surface area contributed by atoms with E-state index in [1.807, 2.05) is 0 Å². The molecule has 194 valence electrons. The van der Waals surface area contributed by atoms with Crippen molar-refractivity contribution < 1.29 is 39.5 Å². The zero-order chi connectivity index (χ0) is 27.1. The number of rotatable bonds is 2. The smallest absolute Gasteiger partial charge is 0.330 e. The molecule has 9 heteroatoms. The van der Waals surface area contributed by atoms with Gasteiger partial charge in [-0.15, -0.1) is 0 Å². The summed E-state index contributed by atoms with van der Waals surface area (Å²) in [6.45, 7) is 1.42. The van der Waals surface area contributed by atoms with Gasteiger partial charge in [0.1, 0.15) is 17.5 Å². The van der Waals surface area contributed by atoms with Gasteiger partial charge < -0.3 is 30.5 Å². The highest BCUT2D eigenvalue weighted by Crippen LogP contribution is 2.61. The summed E-state index contributed by atoms with van der Waals surface area (Å²) < 4.78 is 4.72. The Kier molecular flexibility index (Phi) is 5.10. The second-order valence-electron chi connectivity index (χ2n) is 10.1. The minimum Gasteiger partial charge on any atom is -0.511 e. The molecule has 0 aromatic heterocycles. The summed E-state index contributed by atoms with van der Waals surface area (Å²) in [5.74, 6) is -4.61. The predicted octanol–water partition coefficient (Wildman–Crippen LogP) is 1.98. The third-order valence-corrected chi connectivity index (χ3v) is 8.41. The topological polar surface area (TPSA) is 153 Å². The van der Waals surface area contributed by atoms with E-state index in [9.17, 15) is 34.8 Å². The second-order valence-corrected chi connectivity index (χ2v) is 10.1. The number of ketones is 2. The SMILES string of the molecule is COC(=O)/C=C(\C)C1(O)[C@H]2NC3=C(C=C(O)C4C(=O)c5ccccc5C(=O)C34)[C@]1(O)[C@H](O)c1ccccc12. The van der Waals surface area contributed by atoms with Gasteiger partial charge in [0.05, 0.1) is 25.0 Å². The number of carbonyl (C=O) groups is 3. The maximum atomic E-state index is 13.8. The number of esters is 1. The van der Waals surface area contributed by atoms with Crippen molar-refractivity contribution in [2.75, 3.05) is 7.11 Å². The van der Waals surface area contributed by atoms with Crippen molar-refractivity contribution in [1.29, 1.82) is 0 Å². The van der Waals surface area contributed by atoms with Gasteiger partial charge in [0.25, 0.3) is 0 Å². The molecule has 0 saturated heterocycles. The first-order valence-electron chi connectivity index (χ1n) is 12.1. The van der Waals surface area contributed by atoms with Crippen LogP contribution in [0.15, 0.2) is 83.3 Å². The lowest BCUT2D eigenvalue weighted by atomic mass is 9.54. The molecule has 6 rings (SSSR count). The highest BCUT2D eigenvalue weighted by Gasteiger charge is 2.69. The van der Waals surface area contributed by atoms with E-state index in [4.69, 9.17) is 4.74 Å². The normalized spacial score (nSPS) is 33.3. The van der Waals surface area contributed by atoms with Crippen molar-refractivity contribution in [2.45, 2.75) is 30.3 Å². The fourth-order valence-electron chi connectivity index (χ4n) is 6.58. The van der Waals surface area contributed by atoms with E-state index < -0.39 is 58.5 Å². The van der Waals surface area contributed by atoms with Crippen LogP contribution < -0.4 is 5.32 Å². The Hall–Kier alpha value is -4.05. The number of aliphatic hydroxyl groups excluding tert-OH is 2. The van der Waals surface area contributed by atoms with E-state index in [0.717, 1.165) is 12.2 Å². The van der Waals surface area contributed by atoms with Crippen molar-refractivity contribution >= 4 is 17.5 Å². The average molecular weight is 516 g/mol. The number of nitrogens with one attached hydrogen (secondary N) is 1. The highest BCUT2D eigenvalue weighted by atomic mass is 16.5. The summed E-state index contributed by atoms with van der Waals surface area (Å²) in [4.78, 5) is 39.4. The van der Waals surface area contributed by atoms with Crippen molar-refractivity contribution in [3.8, 4) is 0 Å². The summed E-state index contributed by atoms with van der Waals surface area (Å²) in [5, 5.41) is 50.6. The standard InChI is InChI=1S/C29H25NO8/c1-13(11-20(32)38-2)28(36)26-16-9-5-6-10-17(16)27(35)29(28,37)18-12-19(31)21-22(23(18)30-26)25(34)15-8-4-3-7-14(15)24(21)33/h3-12,21-22,26-27,30-31,35-37H,1-2H3/b13-11+/t21?,22?,26-,27+,28?,29-/m0/s1. The van der Waals surface area contributed by atoms with Gasteiger partial charge in [-0.1, -0.05) is 48.5 Å². The third kappa shape index (κ3) is 2.78. The van der Waals surface area contributed by atoms with Crippen LogP contribution in [0.5, 0.6) is 0 Å². The van der Waals surface area contributed by atoms with Crippen molar-refractivity contribution in [2.24, 2.45) is 11.8 Å². The van der Waals surface area contributed by atoms with E-state index >= 15 is 0 Å². The lowest BCUT2D eigenvalue weighted by Gasteiger charge is -2.60. The Morgan fingerprint density at radius 3 is 2.18 bits per heavy atom. The van der Waals surface area contributed by atoms with Crippen molar-refractivity contribution in [3.63, 3.8) is 0 Å². The molecule has 3 aliphatic carbocycles. The lowest BCUT2D eigenvalue weighted by molar-refractivity contribution is -0.194. The summed E-state index contributed by atoms with van der Waals surface area (Å²) in [6.07, 6.45) is 0.425. The van der Waals surface area contributed by atoms with Crippen molar-refractivity contribution in [3.05, 3.63) is 106 Å². The fraction of sp³-hybridized carbons (Fsp3) is 0.276. The van der Waals surface area contributed by atoms with E-state index in [1.165, 1.54) is 26.2 Å². The molecule has 5 N–H and O–H groups in total. The number of carbonyl (C=O) groups excluding carboxylic acids is 3. The van der Waals surface area contributed by atoms with Gasteiger partial charge in [0.2, 0.25) is 0 Å². The van der Waals surface area contributed by atoms with E-state index in [1.54, 1.807) is 36.4 Å². The molecule has 0 amide bonds. The molecular formula is C29H25NO8. The number of methoxy groups -OCH3 is 1. The lowest BCUT2D eigenvalue weighted by Crippen LogP contribution is -2.71. The molecule has 2 bridgehead atoms. The van der Waals surface area contributed by atoms with Crippen LogP contribution in [0.3, 0.4) is 0 Å². The molecule has 1 aliphatic heterocycles. The van der Waals surface area contributed by atoms with Gasteiger partial charge in [-0.3, -0.25) is 9.59 Å². The van der Waals surface area contributed by atoms with Crippen LogP contribution in [0, 0.1) is 11.8 Å². The molecule has 3 unspecified atom stereocenters. The number of aliphatic hydroxyl groups is 4. The molecule has 0 radical (unpaired) electrons. The summed E-state index contributed by atoms with van der Waals surface area (Å²) in [6, 6.07) is 11.8. The number of benzene rings is 2. The van der Waals surface area contributed by atoms with Crippen LogP contribution in [-0.4, -0.2) is 56.3 Å². The van der Waals surface area contributed by atoms with E-state index in [-0.39, 0.29) is 28.0 Å². The van der Waals surface area contributed by atoms with Crippen LogP contribution in [0.1, 0.15) is 50.9 Å². The Balaban J connectivity index is 1.65. The first kappa shape index (κ1) is 24.3. The summed E-state index contributed by atoms with van der Waals surface area (Å²) >= 11 is 0. The number of hydrogen-bond donors (Lipinski definition) is 5. The Labute approximate surface area is 217 Å². The van der Waals surface area contributed by atoms with Crippen LogP contribution in [0.2, 0.25) is 0 Å². The quantitative estimate of drug-likeness (QED) is 0.298. The molecule has 4 aliphatic rings. The van der Waals surface area contributed by atoms with Crippen LogP contribution >= 0.6 is 0 Å². The zero-order valence-corrected chi connectivity index (χ0v) is 20.5.